The first-order valence-corrected chi connectivity index (χ1v) is 15.9. The van der Waals surface area contributed by atoms with E-state index in [2.05, 4.69) is 21.6 Å². The molecule has 0 saturated heterocycles. The number of benzene rings is 3. The summed E-state index contributed by atoms with van der Waals surface area (Å²) in [6.07, 6.45) is 1.95. The molecule has 3 aromatic carbocycles. The zero-order valence-electron chi connectivity index (χ0n) is 29.6. The highest BCUT2D eigenvalue weighted by molar-refractivity contribution is 5.99. The van der Waals surface area contributed by atoms with Crippen molar-refractivity contribution in [3.8, 4) is 11.5 Å². The molecule has 3 rings (SSSR count). The first-order chi connectivity index (χ1) is 22.3. The summed E-state index contributed by atoms with van der Waals surface area (Å²) in [4.78, 5) is 32.5. The van der Waals surface area contributed by atoms with Crippen molar-refractivity contribution in [3.63, 3.8) is 0 Å². The molecule has 1 atom stereocenters. The number of amides is 2. The summed E-state index contributed by atoms with van der Waals surface area (Å²) in [7, 11) is 3.25. The van der Waals surface area contributed by atoms with E-state index in [9.17, 15) is 9.59 Å². The van der Waals surface area contributed by atoms with Gasteiger partial charge in [0.1, 0.15) is 29.0 Å². The molecule has 0 aliphatic carbocycles. The van der Waals surface area contributed by atoms with Gasteiger partial charge in [-0.15, -0.1) is 0 Å². The summed E-state index contributed by atoms with van der Waals surface area (Å²) < 4.78 is 30.6. The number of carbonyl (C=O) groups excluding carboxylic acids is 2. The number of alkyl carbamates (subject to hydrolysis) is 1. The molecule has 1 N–H and O–H groups in total. The van der Waals surface area contributed by atoms with Crippen molar-refractivity contribution in [2.24, 2.45) is 4.99 Å². The predicted octanol–water partition coefficient (Wildman–Crippen LogP) is 10.00. The zero-order chi connectivity index (χ0) is 35.6. The number of hydrogen-bond acceptors (Lipinski definition) is 6. The van der Waals surface area contributed by atoms with E-state index in [1.807, 2.05) is 75.4 Å². The third-order valence-electron chi connectivity index (χ3n) is 6.22. The van der Waals surface area contributed by atoms with Crippen molar-refractivity contribution < 1.29 is 31.0 Å². The summed E-state index contributed by atoms with van der Waals surface area (Å²) in [5.41, 5.74) is 1.56. The van der Waals surface area contributed by atoms with E-state index in [4.69, 9.17) is 9.47 Å². The number of halogens is 1. The van der Waals surface area contributed by atoms with Gasteiger partial charge in [0.2, 0.25) is 5.91 Å². The number of nitrogens with zero attached hydrogens (tertiary/aromatic N) is 2. The number of hydrogen-bond donors (Lipinski definition) is 1. The van der Waals surface area contributed by atoms with Crippen LogP contribution >= 0.6 is 0 Å². The summed E-state index contributed by atoms with van der Waals surface area (Å²) in [5, 5.41) is 2.70. The maximum Gasteiger partial charge on any atom is 0.408 e. The normalized spacial score (nSPS) is 11.3. The van der Waals surface area contributed by atoms with Crippen LogP contribution in [0.5, 0.6) is 11.5 Å². The lowest BCUT2D eigenvalue weighted by Crippen LogP contribution is -2.49. The molecule has 0 radical (unpaired) electrons. The van der Waals surface area contributed by atoms with Crippen LogP contribution in [0.4, 0.5) is 14.9 Å². The van der Waals surface area contributed by atoms with Gasteiger partial charge in [0.15, 0.2) is 0 Å². The Labute approximate surface area is 283 Å². The van der Waals surface area contributed by atoms with E-state index in [1.165, 1.54) is 6.07 Å². The highest BCUT2D eigenvalue weighted by Gasteiger charge is 2.29. The topological polar surface area (TPSA) is 89.5 Å². The monoisotopic (exact) mass is 653 g/mol. The van der Waals surface area contributed by atoms with Gasteiger partial charge in [-0.05, 0) is 88.1 Å². The number of aliphatic imine (C=N–C) groups is 1. The number of ether oxygens (including phenoxy) is 3. The standard InChI is InChI=1S/C34H40FN3O4.C2H6O.C2H6.2H2/c1-8-19-36-24(4)28-21-31(23(3)20-29(28)35)38(32(39)30(9-2)37-33(40)42-34(5,6)7)22-25-15-17-27(18-16-25)41-26-13-11-10-12-14-26;1-3-2;1-2;;/h10-21,30H,4,8-9,22H2,1-3,5-7H3,(H,37,40);1-2H3;1-2H3;2*1H/t30-;;;;/m0..../s1. The van der Waals surface area contributed by atoms with Gasteiger partial charge in [0.25, 0.3) is 0 Å². The van der Waals surface area contributed by atoms with E-state index in [-0.39, 0.29) is 26.6 Å². The fourth-order valence-electron chi connectivity index (χ4n) is 4.17. The van der Waals surface area contributed by atoms with Crippen LogP contribution in [-0.4, -0.2) is 44.1 Å². The van der Waals surface area contributed by atoms with E-state index < -0.39 is 23.6 Å². The van der Waals surface area contributed by atoms with Crippen LogP contribution in [0.3, 0.4) is 0 Å². The average Bonchev–Trinajstić information content (AvgIpc) is 3.03. The molecule has 0 unspecified atom stereocenters. The van der Waals surface area contributed by atoms with E-state index in [0.29, 0.717) is 35.6 Å². The minimum Gasteiger partial charge on any atom is -0.457 e. The fraction of sp³-hybridized carbons (Fsp3) is 0.395. The minimum atomic E-state index is -0.880. The number of anilines is 1. The van der Waals surface area contributed by atoms with Crippen LogP contribution in [0.25, 0.3) is 5.70 Å². The van der Waals surface area contributed by atoms with Gasteiger partial charge >= 0.3 is 6.09 Å². The first-order valence-electron chi connectivity index (χ1n) is 15.9. The molecule has 2 amide bonds. The Kier molecular flexibility index (Phi) is 17.8. The smallest absolute Gasteiger partial charge is 0.408 e. The number of rotatable bonds is 11. The van der Waals surface area contributed by atoms with E-state index >= 15 is 4.39 Å². The molecule has 0 spiro atoms. The van der Waals surface area contributed by atoms with Gasteiger partial charge in [-0.2, -0.15) is 0 Å². The molecule has 3 aromatic rings. The highest BCUT2D eigenvalue weighted by Crippen LogP contribution is 2.31. The predicted molar refractivity (Wildman–Crippen MR) is 195 cm³/mol. The molecule has 9 heteroatoms. The molecular weight excluding hydrogens is 597 g/mol. The second-order valence-corrected chi connectivity index (χ2v) is 11.3. The molecule has 47 heavy (non-hydrogen) atoms. The SMILES string of the molecule is C=C(N=CCC)c1cc(N(Cc2ccc(Oc3ccccc3)cc2)C(=O)[C@H](CC)NC(=O)OC(C)(C)C)c(C)cc1F.CC.COC.[HH].[HH]. The van der Waals surface area contributed by atoms with Crippen LogP contribution in [-0.2, 0) is 20.8 Å². The van der Waals surface area contributed by atoms with Crippen LogP contribution < -0.4 is 15.0 Å². The molecule has 0 aromatic heterocycles. The molecule has 260 valence electrons. The van der Waals surface area contributed by atoms with Crippen molar-refractivity contribution in [1.82, 2.24) is 5.32 Å². The Morgan fingerprint density at radius 3 is 2.13 bits per heavy atom. The lowest BCUT2D eigenvalue weighted by molar-refractivity contribution is -0.120. The maximum absolute atomic E-state index is 15.1. The Morgan fingerprint density at radius 1 is 1.02 bits per heavy atom. The number of para-hydroxylation sites is 1. The Balaban J connectivity index is 0. The largest absolute Gasteiger partial charge is 0.457 e. The minimum absolute atomic E-state index is 0. The summed E-state index contributed by atoms with van der Waals surface area (Å²) in [6.45, 7) is 18.8. The second kappa shape index (κ2) is 20.6. The van der Waals surface area contributed by atoms with E-state index in [0.717, 1.165) is 5.56 Å². The number of nitrogens with one attached hydrogen (secondary N) is 1. The van der Waals surface area contributed by atoms with Gasteiger partial charge in [-0.1, -0.05) is 64.6 Å². The lowest BCUT2D eigenvalue weighted by atomic mass is 10.0. The number of carbonyl (C=O) groups is 2. The molecule has 8 nitrogen and oxygen atoms in total. The van der Waals surface area contributed by atoms with Crippen LogP contribution in [0.2, 0.25) is 0 Å². The van der Waals surface area contributed by atoms with Crippen molar-refractivity contribution in [3.05, 3.63) is 95.8 Å². The van der Waals surface area contributed by atoms with Gasteiger partial charge in [-0.3, -0.25) is 9.79 Å². The average molecular weight is 654 g/mol. The maximum atomic E-state index is 15.1. The summed E-state index contributed by atoms with van der Waals surface area (Å²) >= 11 is 0. The number of methoxy groups -OCH3 is 1. The summed E-state index contributed by atoms with van der Waals surface area (Å²) in [6, 6.07) is 18.9. The lowest BCUT2D eigenvalue weighted by Gasteiger charge is -2.30. The quantitative estimate of drug-likeness (QED) is 0.208. The van der Waals surface area contributed by atoms with E-state index in [1.54, 1.807) is 66.0 Å². The Morgan fingerprint density at radius 2 is 1.60 bits per heavy atom. The van der Waals surface area contributed by atoms with Gasteiger partial charge in [0, 0.05) is 34.5 Å². The Bertz CT molecular complexity index is 1450. The molecule has 0 fully saturated rings. The fourth-order valence-corrected chi connectivity index (χ4v) is 4.17. The zero-order valence-corrected chi connectivity index (χ0v) is 29.6. The molecule has 0 heterocycles. The molecular formula is C38H56FN3O5. The van der Waals surface area contributed by atoms with Gasteiger partial charge < -0.3 is 24.4 Å². The third-order valence-corrected chi connectivity index (χ3v) is 6.22. The molecule has 0 bridgehead atoms. The van der Waals surface area contributed by atoms with Crippen molar-refractivity contribution >= 4 is 29.6 Å². The molecule has 0 aliphatic heterocycles. The van der Waals surface area contributed by atoms with Crippen LogP contribution in [0.1, 0.15) is 80.9 Å². The van der Waals surface area contributed by atoms with Crippen molar-refractivity contribution in [1.29, 1.82) is 0 Å². The highest BCUT2D eigenvalue weighted by atomic mass is 19.1. The second-order valence-electron chi connectivity index (χ2n) is 11.3. The number of aryl methyl sites for hydroxylation is 1. The van der Waals surface area contributed by atoms with Crippen molar-refractivity contribution in [2.75, 3.05) is 19.1 Å². The molecule has 0 aliphatic rings. The summed E-state index contributed by atoms with van der Waals surface area (Å²) in [5.74, 6) is 0.507. The Hall–Kier alpha value is -4.50. The van der Waals surface area contributed by atoms with Crippen LogP contribution in [0.15, 0.2) is 78.3 Å². The molecule has 0 saturated carbocycles. The third kappa shape index (κ3) is 13.8. The first kappa shape index (κ1) is 40.5. The van der Waals surface area contributed by atoms with Crippen LogP contribution in [0, 0.1) is 12.7 Å². The van der Waals surface area contributed by atoms with Gasteiger partial charge in [-0.25, -0.2) is 9.18 Å². The van der Waals surface area contributed by atoms with Gasteiger partial charge in [0.05, 0.1) is 12.2 Å². The van der Waals surface area contributed by atoms with Crippen molar-refractivity contribution in [2.45, 2.75) is 86.4 Å².